The SMILES string of the molecule is COC(=O)C(F)(Cl)C(F)(F)Cl. The number of ether oxygens (including phenoxy) is 1. The largest absolute Gasteiger partial charge is 0.465 e. The molecule has 0 aliphatic rings. The van der Waals surface area contributed by atoms with Gasteiger partial charge in [-0.2, -0.15) is 8.78 Å². The van der Waals surface area contributed by atoms with Crippen LogP contribution in [0.5, 0.6) is 0 Å². The first-order valence-electron chi connectivity index (χ1n) is 2.26. The molecule has 0 spiro atoms. The van der Waals surface area contributed by atoms with E-state index in [2.05, 4.69) is 27.9 Å². The second kappa shape index (κ2) is 3.06. The zero-order valence-corrected chi connectivity index (χ0v) is 6.72. The van der Waals surface area contributed by atoms with Crippen molar-refractivity contribution in [2.45, 2.75) is 10.5 Å². The minimum absolute atomic E-state index is 0.710. The van der Waals surface area contributed by atoms with E-state index in [0.717, 1.165) is 0 Å². The fourth-order valence-corrected chi connectivity index (χ4v) is 0.398. The Morgan fingerprint density at radius 3 is 1.82 bits per heavy atom. The lowest BCUT2D eigenvalue weighted by Gasteiger charge is -2.19. The van der Waals surface area contributed by atoms with Crippen LogP contribution >= 0.6 is 23.2 Å². The standard InChI is InChI=1S/C4H3Cl2F3O2/c1-11-2(10)3(5,7)4(6,8)9/h1H3. The summed E-state index contributed by atoms with van der Waals surface area (Å²) in [6, 6.07) is 0. The van der Waals surface area contributed by atoms with E-state index in [1.165, 1.54) is 0 Å². The number of rotatable bonds is 2. The maximum atomic E-state index is 12.4. The predicted octanol–water partition coefficient (Wildman–Crippen LogP) is 1.90. The van der Waals surface area contributed by atoms with Crippen LogP contribution in [0.15, 0.2) is 0 Å². The van der Waals surface area contributed by atoms with Crippen molar-refractivity contribution in [2.24, 2.45) is 0 Å². The van der Waals surface area contributed by atoms with Crippen molar-refractivity contribution in [1.29, 1.82) is 0 Å². The summed E-state index contributed by atoms with van der Waals surface area (Å²) in [7, 11) is 0.710. The lowest BCUT2D eigenvalue weighted by molar-refractivity contribution is -0.160. The number of halogens is 5. The Bertz CT molecular complexity index is 165. The van der Waals surface area contributed by atoms with E-state index in [9.17, 15) is 18.0 Å². The topological polar surface area (TPSA) is 26.3 Å². The van der Waals surface area contributed by atoms with Crippen LogP contribution in [0.25, 0.3) is 0 Å². The molecule has 0 amide bonds. The van der Waals surface area contributed by atoms with Crippen LogP contribution in [-0.2, 0) is 9.53 Å². The summed E-state index contributed by atoms with van der Waals surface area (Å²) in [6.45, 7) is 0. The molecule has 66 valence electrons. The van der Waals surface area contributed by atoms with Crippen LogP contribution in [0.3, 0.4) is 0 Å². The van der Waals surface area contributed by atoms with E-state index in [1.54, 1.807) is 0 Å². The Kier molecular flexibility index (Phi) is 3.02. The van der Waals surface area contributed by atoms with E-state index in [1.807, 2.05) is 0 Å². The lowest BCUT2D eigenvalue weighted by Crippen LogP contribution is -2.42. The highest BCUT2D eigenvalue weighted by Crippen LogP contribution is 2.40. The molecule has 2 nitrogen and oxygen atoms in total. The van der Waals surface area contributed by atoms with Crippen molar-refractivity contribution in [3.05, 3.63) is 0 Å². The van der Waals surface area contributed by atoms with Crippen molar-refractivity contribution in [2.75, 3.05) is 7.11 Å². The first-order valence-corrected chi connectivity index (χ1v) is 3.02. The number of carbonyl (C=O) groups is 1. The third-order valence-electron chi connectivity index (χ3n) is 0.798. The fraction of sp³-hybridized carbons (Fsp3) is 0.750. The molecule has 11 heavy (non-hydrogen) atoms. The van der Waals surface area contributed by atoms with Crippen LogP contribution in [-0.4, -0.2) is 23.6 Å². The van der Waals surface area contributed by atoms with Crippen molar-refractivity contribution in [3.8, 4) is 0 Å². The van der Waals surface area contributed by atoms with Crippen LogP contribution in [0.2, 0.25) is 0 Å². The summed E-state index contributed by atoms with van der Waals surface area (Å²) in [5.41, 5.74) is 0. The molecule has 0 N–H and O–H groups in total. The number of alkyl halides is 5. The average Bonchev–Trinajstić information content (AvgIpc) is 1.83. The number of esters is 1. The molecule has 0 saturated heterocycles. The molecule has 0 bridgehead atoms. The molecule has 0 aliphatic heterocycles. The third kappa shape index (κ3) is 2.13. The van der Waals surface area contributed by atoms with Gasteiger partial charge in [0.25, 0.3) is 0 Å². The van der Waals surface area contributed by atoms with Gasteiger partial charge in [-0.15, -0.1) is 0 Å². The zero-order chi connectivity index (χ0) is 9.28. The second-order valence-electron chi connectivity index (χ2n) is 1.56. The Morgan fingerprint density at radius 1 is 1.36 bits per heavy atom. The van der Waals surface area contributed by atoms with Gasteiger partial charge in [0.1, 0.15) is 0 Å². The number of carbonyl (C=O) groups excluding carboxylic acids is 1. The van der Waals surface area contributed by atoms with Gasteiger partial charge in [-0.05, 0) is 11.6 Å². The van der Waals surface area contributed by atoms with Crippen LogP contribution < -0.4 is 0 Å². The van der Waals surface area contributed by atoms with Gasteiger partial charge in [0.05, 0.1) is 7.11 Å². The fourth-order valence-electron chi connectivity index (χ4n) is 0.244. The molecule has 0 heterocycles. The number of methoxy groups -OCH3 is 1. The molecule has 1 unspecified atom stereocenters. The van der Waals surface area contributed by atoms with Gasteiger partial charge in [0.15, 0.2) is 0 Å². The first kappa shape index (κ1) is 10.8. The third-order valence-corrected chi connectivity index (χ3v) is 1.55. The molecule has 0 aromatic heterocycles. The molecule has 0 saturated carbocycles. The minimum atomic E-state index is -4.48. The van der Waals surface area contributed by atoms with Crippen molar-refractivity contribution in [3.63, 3.8) is 0 Å². The molecule has 0 rings (SSSR count). The van der Waals surface area contributed by atoms with Gasteiger partial charge < -0.3 is 4.74 Å². The normalized spacial score (nSPS) is 17.3. The molecule has 1 atom stereocenters. The van der Waals surface area contributed by atoms with Gasteiger partial charge in [0.2, 0.25) is 0 Å². The van der Waals surface area contributed by atoms with Gasteiger partial charge >= 0.3 is 16.5 Å². The van der Waals surface area contributed by atoms with E-state index < -0.39 is 16.5 Å². The van der Waals surface area contributed by atoms with Crippen LogP contribution in [0, 0.1) is 0 Å². The zero-order valence-electron chi connectivity index (χ0n) is 5.21. The quantitative estimate of drug-likeness (QED) is 0.514. The van der Waals surface area contributed by atoms with Crippen molar-refractivity contribution < 1.29 is 22.7 Å². The summed E-state index contributed by atoms with van der Waals surface area (Å²) in [5.74, 6) is -1.93. The molecular weight excluding hydrogens is 208 g/mol. The lowest BCUT2D eigenvalue weighted by atomic mass is 10.4. The molecule has 7 heteroatoms. The minimum Gasteiger partial charge on any atom is -0.465 e. The Hall–Kier alpha value is -0.160. The van der Waals surface area contributed by atoms with Crippen LogP contribution in [0.4, 0.5) is 13.2 Å². The highest BCUT2D eigenvalue weighted by molar-refractivity contribution is 6.39. The Balaban J connectivity index is 4.59. The van der Waals surface area contributed by atoms with Crippen LogP contribution in [0.1, 0.15) is 0 Å². The van der Waals surface area contributed by atoms with Gasteiger partial charge in [-0.25, -0.2) is 9.18 Å². The molecule has 0 fully saturated rings. The number of hydrogen-bond acceptors (Lipinski definition) is 2. The van der Waals surface area contributed by atoms with E-state index in [-0.39, 0.29) is 0 Å². The van der Waals surface area contributed by atoms with Gasteiger partial charge in [-0.3, -0.25) is 0 Å². The van der Waals surface area contributed by atoms with Gasteiger partial charge in [-0.1, -0.05) is 11.6 Å². The number of hydrogen-bond donors (Lipinski definition) is 0. The summed E-state index contributed by atoms with van der Waals surface area (Å²) < 4.78 is 39.8. The van der Waals surface area contributed by atoms with E-state index >= 15 is 0 Å². The van der Waals surface area contributed by atoms with Crippen molar-refractivity contribution >= 4 is 29.2 Å². The summed E-state index contributed by atoms with van der Waals surface area (Å²) in [5, 5.41) is -8.50. The molecule has 0 aliphatic carbocycles. The summed E-state index contributed by atoms with van der Waals surface area (Å²) >= 11 is 8.60. The maximum absolute atomic E-state index is 12.4. The predicted molar refractivity (Wildman–Crippen MR) is 32.5 cm³/mol. The summed E-state index contributed by atoms with van der Waals surface area (Å²) in [6.07, 6.45) is 0. The summed E-state index contributed by atoms with van der Waals surface area (Å²) in [4.78, 5) is 10.2. The first-order chi connectivity index (χ1) is 4.73. The maximum Gasteiger partial charge on any atom is 0.380 e. The monoisotopic (exact) mass is 210 g/mol. The van der Waals surface area contributed by atoms with Gasteiger partial charge in [0, 0.05) is 0 Å². The highest BCUT2D eigenvalue weighted by atomic mass is 35.5. The Labute approximate surface area is 70.2 Å². The molecular formula is C4H3Cl2F3O2. The molecule has 0 aromatic rings. The van der Waals surface area contributed by atoms with E-state index in [0.29, 0.717) is 7.11 Å². The van der Waals surface area contributed by atoms with Crippen molar-refractivity contribution in [1.82, 2.24) is 0 Å². The van der Waals surface area contributed by atoms with E-state index in [4.69, 9.17) is 0 Å². The molecule has 0 aromatic carbocycles. The smallest absolute Gasteiger partial charge is 0.380 e. The Morgan fingerprint density at radius 2 is 1.73 bits per heavy atom. The molecule has 0 radical (unpaired) electrons. The average molecular weight is 211 g/mol. The highest BCUT2D eigenvalue weighted by Gasteiger charge is 2.60. The second-order valence-corrected chi connectivity index (χ2v) is 2.56.